The molecule has 1 aliphatic rings. The van der Waals surface area contributed by atoms with Crippen molar-refractivity contribution in [3.05, 3.63) is 24.3 Å². The summed E-state index contributed by atoms with van der Waals surface area (Å²) in [6, 6.07) is 7.49. The van der Waals surface area contributed by atoms with Crippen LogP contribution in [0.25, 0.3) is 0 Å². The average Bonchev–Trinajstić information content (AvgIpc) is 2.47. The minimum Gasteiger partial charge on any atom is -0.495 e. The van der Waals surface area contributed by atoms with Crippen LogP contribution in [-0.2, 0) is 4.74 Å². The van der Waals surface area contributed by atoms with Gasteiger partial charge in [-0.2, -0.15) is 0 Å². The van der Waals surface area contributed by atoms with E-state index in [0.29, 0.717) is 24.9 Å². The van der Waals surface area contributed by atoms with Crippen LogP contribution in [0.2, 0.25) is 0 Å². The predicted molar refractivity (Wildman–Crippen MR) is 77.6 cm³/mol. The summed E-state index contributed by atoms with van der Waals surface area (Å²) in [6.07, 6.45) is 0. The lowest BCUT2D eigenvalue weighted by molar-refractivity contribution is 0.00585. The molecule has 0 radical (unpaired) electrons. The number of thiocarbonyl (C=S) groups is 1. The Hall–Kier alpha value is -1.37. The fraction of sp³-hybridized carbons (Fsp3) is 0.462. The zero-order chi connectivity index (χ0) is 13.7. The van der Waals surface area contributed by atoms with Crippen molar-refractivity contribution in [2.45, 2.75) is 6.04 Å². The first kappa shape index (κ1) is 14.0. The van der Waals surface area contributed by atoms with Gasteiger partial charge < -0.3 is 24.8 Å². The highest BCUT2D eigenvalue weighted by Gasteiger charge is 2.24. The molecule has 1 saturated heterocycles. The number of hydrogen-bond donors (Lipinski definition) is 2. The van der Waals surface area contributed by atoms with Crippen molar-refractivity contribution in [3.8, 4) is 5.75 Å². The van der Waals surface area contributed by atoms with Crippen LogP contribution in [0.5, 0.6) is 5.75 Å². The quantitative estimate of drug-likeness (QED) is 0.809. The summed E-state index contributed by atoms with van der Waals surface area (Å²) in [6.45, 7) is 1.80. The van der Waals surface area contributed by atoms with Gasteiger partial charge in [0.15, 0.2) is 5.11 Å². The number of aliphatic hydroxyl groups excluding tert-OH is 1. The van der Waals surface area contributed by atoms with Crippen LogP contribution in [0.4, 0.5) is 5.69 Å². The number of anilines is 1. The maximum Gasteiger partial charge on any atom is 0.174 e. The van der Waals surface area contributed by atoms with Gasteiger partial charge in [0.05, 0.1) is 38.7 Å². The standard InChI is InChI=1S/C13H18N2O3S/c1-17-12-5-3-2-4-11(12)14-13(19)15-6-7-18-9-10(15)8-16/h2-5,10,16H,6-9H2,1H3,(H,14,19). The largest absolute Gasteiger partial charge is 0.495 e. The summed E-state index contributed by atoms with van der Waals surface area (Å²) >= 11 is 5.40. The fourth-order valence-corrected chi connectivity index (χ4v) is 2.36. The number of hydrogen-bond acceptors (Lipinski definition) is 4. The number of nitrogens with zero attached hydrogens (tertiary/aromatic N) is 1. The number of benzene rings is 1. The molecule has 19 heavy (non-hydrogen) atoms. The van der Waals surface area contributed by atoms with Crippen molar-refractivity contribution in [2.24, 2.45) is 0 Å². The number of ether oxygens (including phenoxy) is 2. The van der Waals surface area contributed by atoms with Crippen LogP contribution in [0.3, 0.4) is 0 Å². The van der Waals surface area contributed by atoms with Crippen LogP contribution in [-0.4, -0.2) is 54.6 Å². The zero-order valence-electron chi connectivity index (χ0n) is 10.8. The average molecular weight is 282 g/mol. The van der Waals surface area contributed by atoms with Crippen molar-refractivity contribution >= 4 is 23.0 Å². The van der Waals surface area contributed by atoms with E-state index in [2.05, 4.69) is 5.32 Å². The molecule has 1 heterocycles. The molecule has 0 amide bonds. The highest BCUT2D eigenvalue weighted by Crippen LogP contribution is 2.23. The Morgan fingerprint density at radius 3 is 3.11 bits per heavy atom. The molecular weight excluding hydrogens is 264 g/mol. The molecule has 1 aromatic rings. The number of para-hydroxylation sites is 2. The molecule has 0 saturated carbocycles. The minimum atomic E-state index is -0.0940. The first-order valence-corrected chi connectivity index (χ1v) is 6.56. The Kier molecular flexibility index (Phi) is 4.95. The SMILES string of the molecule is COc1ccccc1NC(=S)N1CCOCC1CO. The summed E-state index contributed by atoms with van der Waals surface area (Å²) in [4.78, 5) is 1.95. The van der Waals surface area contributed by atoms with Gasteiger partial charge >= 0.3 is 0 Å². The topological polar surface area (TPSA) is 54.0 Å². The van der Waals surface area contributed by atoms with Crippen molar-refractivity contribution in [3.63, 3.8) is 0 Å². The van der Waals surface area contributed by atoms with E-state index in [1.807, 2.05) is 29.2 Å². The molecule has 1 fully saturated rings. The normalized spacial score (nSPS) is 19.1. The van der Waals surface area contributed by atoms with Crippen molar-refractivity contribution < 1.29 is 14.6 Å². The first-order chi connectivity index (χ1) is 9.26. The minimum absolute atomic E-state index is 0.0216. The van der Waals surface area contributed by atoms with E-state index < -0.39 is 0 Å². The van der Waals surface area contributed by atoms with E-state index in [-0.39, 0.29) is 12.6 Å². The molecule has 5 nitrogen and oxygen atoms in total. The van der Waals surface area contributed by atoms with Gasteiger partial charge in [0.2, 0.25) is 0 Å². The number of nitrogens with one attached hydrogen (secondary N) is 1. The van der Waals surface area contributed by atoms with Gasteiger partial charge in [0, 0.05) is 6.54 Å². The molecule has 6 heteroatoms. The molecule has 1 aliphatic heterocycles. The van der Waals surface area contributed by atoms with E-state index in [4.69, 9.17) is 21.7 Å². The van der Waals surface area contributed by atoms with E-state index in [1.54, 1.807) is 7.11 Å². The molecular formula is C13H18N2O3S. The third kappa shape index (κ3) is 3.34. The summed E-state index contributed by atoms with van der Waals surface area (Å²) in [7, 11) is 1.62. The molecule has 0 spiro atoms. The van der Waals surface area contributed by atoms with E-state index >= 15 is 0 Å². The molecule has 1 aromatic carbocycles. The monoisotopic (exact) mass is 282 g/mol. The van der Waals surface area contributed by atoms with Gasteiger partial charge in [-0.25, -0.2) is 0 Å². The van der Waals surface area contributed by atoms with E-state index in [1.165, 1.54) is 0 Å². The molecule has 1 atom stereocenters. The lowest BCUT2D eigenvalue weighted by atomic mass is 10.2. The van der Waals surface area contributed by atoms with E-state index in [9.17, 15) is 5.11 Å². The second-order valence-corrected chi connectivity index (χ2v) is 4.62. The fourth-order valence-electron chi connectivity index (χ4n) is 2.01. The second-order valence-electron chi connectivity index (χ2n) is 4.24. The van der Waals surface area contributed by atoms with Crippen LogP contribution < -0.4 is 10.1 Å². The van der Waals surface area contributed by atoms with Gasteiger partial charge in [-0.1, -0.05) is 12.1 Å². The number of aliphatic hydroxyl groups is 1. The third-order valence-corrected chi connectivity index (χ3v) is 3.38. The van der Waals surface area contributed by atoms with Gasteiger partial charge in [-0.15, -0.1) is 0 Å². The van der Waals surface area contributed by atoms with E-state index in [0.717, 1.165) is 11.4 Å². The van der Waals surface area contributed by atoms with Crippen LogP contribution in [0.15, 0.2) is 24.3 Å². The Morgan fingerprint density at radius 2 is 2.37 bits per heavy atom. The van der Waals surface area contributed by atoms with Gasteiger partial charge in [0.25, 0.3) is 0 Å². The lowest BCUT2D eigenvalue weighted by Crippen LogP contribution is -2.51. The summed E-state index contributed by atoms with van der Waals surface area (Å²) in [5.74, 6) is 0.735. The molecule has 104 valence electrons. The number of rotatable bonds is 3. The van der Waals surface area contributed by atoms with Crippen molar-refractivity contribution in [1.82, 2.24) is 4.90 Å². The Morgan fingerprint density at radius 1 is 1.58 bits per heavy atom. The van der Waals surface area contributed by atoms with Gasteiger partial charge in [0.1, 0.15) is 5.75 Å². The van der Waals surface area contributed by atoms with Crippen LogP contribution >= 0.6 is 12.2 Å². The lowest BCUT2D eigenvalue weighted by Gasteiger charge is -2.36. The summed E-state index contributed by atoms with van der Waals surface area (Å²) in [5.41, 5.74) is 0.818. The highest BCUT2D eigenvalue weighted by molar-refractivity contribution is 7.80. The molecule has 0 aromatic heterocycles. The first-order valence-electron chi connectivity index (χ1n) is 6.15. The maximum atomic E-state index is 9.34. The highest BCUT2D eigenvalue weighted by atomic mass is 32.1. The number of methoxy groups -OCH3 is 1. The summed E-state index contributed by atoms with van der Waals surface area (Å²) in [5, 5.41) is 13.1. The van der Waals surface area contributed by atoms with Crippen LogP contribution in [0, 0.1) is 0 Å². The Bertz CT molecular complexity index is 442. The third-order valence-electron chi connectivity index (χ3n) is 3.05. The maximum absolute atomic E-state index is 9.34. The molecule has 2 N–H and O–H groups in total. The molecule has 2 rings (SSSR count). The van der Waals surface area contributed by atoms with Crippen molar-refractivity contribution in [1.29, 1.82) is 0 Å². The van der Waals surface area contributed by atoms with Crippen molar-refractivity contribution in [2.75, 3.05) is 38.8 Å². The smallest absolute Gasteiger partial charge is 0.174 e. The van der Waals surface area contributed by atoms with Gasteiger partial charge in [-0.05, 0) is 24.4 Å². The Labute approximate surface area is 118 Å². The molecule has 0 aliphatic carbocycles. The van der Waals surface area contributed by atoms with Gasteiger partial charge in [-0.3, -0.25) is 0 Å². The zero-order valence-corrected chi connectivity index (χ0v) is 11.7. The second kappa shape index (κ2) is 6.70. The predicted octanol–water partition coefficient (Wildman–Crippen LogP) is 1.09. The molecule has 1 unspecified atom stereocenters. The molecule has 0 bridgehead atoms. The summed E-state index contributed by atoms with van der Waals surface area (Å²) < 4.78 is 10.6. The van der Waals surface area contributed by atoms with Crippen LogP contribution in [0.1, 0.15) is 0 Å². The number of morpholine rings is 1. The Balaban J connectivity index is 2.07.